The summed E-state index contributed by atoms with van der Waals surface area (Å²) in [7, 11) is -1.42. The lowest BCUT2D eigenvalue weighted by atomic mass is 10.1. The first-order valence-electron chi connectivity index (χ1n) is 13.8. The highest BCUT2D eigenvalue weighted by Gasteiger charge is 2.35. The third kappa shape index (κ3) is 8.13. The van der Waals surface area contributed by atoms with E-state index in [1.54, 1.807) is 49.4 Å². The van der Waals surface area contributed by atoms with Crippen LogP contribution in [-0.4, -0.2) is 58.0 Å². The molecule has 3 aromatic rings. The maximum absolute atomic E-state index is 14.3. The van der Waals surface area contributed by atoms with E-state index in [0.29, 0.717) is 27.8 Å². The van der Waals surface area contributed by atoms with E-state index >= 15 is 0 Å². The lowest BCUT2D eigenvalue weighted by Gasteiger charge is -2.34. The summed E-state index contributed by atoms with van der Waals surface area (Å²) in [6.07, 6.45) is 0.949. The number of nitrogens with one attached hydrogen (secondary N) is 1. The Balaban J connectivity index is 2.14. The molecule has 3 aromatic carbocycles. The Labute approximate surface area is 263 Å². The van der Waals surface area contributed by atoms with Crippen LogP contribution < -0.4 is 19.1 Å². The number of hydrogen-bond acceptors (Lipinski definition) is 6. The monoisotopic (exact) mass is 649 g/mol. The standard InChI is InChI=1S/C31H37Cl2N3O6S/c1-6-21(3)34-31(38)27(7-2)35(19-24-25(32)11-10-12-26(24)33)30(37)20-36(28-13-8-9-14-29(28)42-5)43(39,40)23-17-15-22(41-4)16-18-23/h8-18,21,27H,6-7,19-20H2,1-5H3,(H,34,38). The average Bonchev–Trinajstić information content (AvgIpc) is 3.00. The molecule has 3 rings (SSSR count). The third-order valence-corrected chi connectivity index (χ3v) is 9.54. The van der Waals surface area contributed by atoms with E-state index in [4.69, 9.17) is 32.7 Å². The van der Waals surface area contributed by atoms with Crippen LogP contribution in [0.3, 0.4) is 0 Å². The summed E-state index contributed by atoms with van der Waals surface area (Å²) in [5.41, 5.74) is 0.595. The number of para-hydroxylation sites is 2. The minimum absolute atomic E-state index is 0.0609. The van der Waals surface area contributed by atoms with E-state index in [1.165, 1.54) is 43.4 Å². The van der Waals surface area contributed by atoms with E-state index in [-0.39, 0.29) is 41.2 Å². The predicted octanol–water partition coefficient (Wildman–Crippen LogP) is 5.93. The Morgan fingerprint density at radius 1 is 0.884 bits per heavy atom. The Morgan fingerprint density at radius 3 is 2.07 bits per heavy atom. The second kappa shape index (κ2) is 15.3. The number of anilines is 1. The van der Waals surface area contributed by atoms with Crippen molar-refractivity contribution in [2.45, 2.75) is 57.1 Å². The molecule has 0 saturated heterocycles. The molecule has 12 heteroatoms. The molecule has 43 heavy (non-hydrogen) atoms. The van der Waals surface area contributed by atoms with Crippen LogP contribution >= 0.6 is 23.2 Å². The number of rotatable bonds is 14. The van der Waals surface area contributed by atoms with Crippen molar-refractivity contribution in [1.82, 2.24) is 10.2 Å². The van der Waals surface area contributed by atoms with Crippen molar-refractivity contribution in [3.05, 3.63) is 82.3 Å². The van der Waals surface area contributed by atoms with Gasteiger partial charge in [0.25, 0.3) is 10.0 Å². The van der Waals surface area contributed by atoms with Crippen LogP contribution in [-0.2, 0) is 26.2 Å². The van der Waals surface area contributed by atoms with E-state index in [0.717, 1.165) is 4.31 Å². The van der Waals surface area contributed by atoms with Crippen LogP contribution in [0.2, 0.25) is 10.0 Å². The molecule has 232 valence electrons. The maximum atomic E-state index is 14.3. The summed E-state index contributed by atoms with van der Waals surface area (Å²) in [5, 5.41) is 3.57. The van der Waals surface area contributed by atoms with Crippen LogP contribution in [0.5, 0.6) is 11.5 Å². The van der Waals surface area contributed by atoms with Gasteiger partial charge in [-0.25, -0.2) is 8.42 Å². The van der Waals surface area contributed by atoms with Crippen molar-refractivity contribution in [2.24, 2.45) is 0 Å². The molecule has 9 nitrogen and oxygen atoms in total. The van der Waals surface area contributed by atoms with Crippen molar-refractivity contribution in [2.75, 3.05) is 25.1 Å². The summed E-state index contributed by atoms with van der Waals surface area (Å²) < 4.78 is 39.9. The first-order chi connectivity index (χ1) is 20.5. The number of halogens is 2. The number of hydrogen-bond donors (Lipinski definition) is 1. The Hall–Kier alpha value is -3.47. The van der Waals surface area contributed by atoms with Gasteiger partial charge < -0.3 is 19.7 Å². The maximum Gasteiger partial charge on any atom is 0.264 e. The van der Waals surface area contributed by atoms with Gasteiger partial charge >= 0.3 is 0 Å². The number of carbonyl (C=O) groups is 2. The Bertz CT molecular complexity index is 1500. The molecule has 0 spiro atoms. The van der Waals surface area contributed by atoms with Crippen LogP contribution in [0.25, 0.3) is 0 Å². The summed E-state index contributed by atoms with van der Waals surface area (Å²) in [6.45, 7) is 4.83. The number of methoxy groups -OCH3 is 2. The zero-order chi connectivity index (χ0) is 31.7. The van der Waals surface area contributed by atoms with Gasteiger partial charge in [-0.2, -0.15) is 0 Å². The van der Waals surface area contributed by atoms with Gasteiger partial charge in [-0.1, -0.05) is 55.2 Å². The number of benzene rings is 3. The molecule has 0 fully saturated rings. The average molecular weight is 651 g/mol. The summed E-state index contributed by atoms with van der Waals surface area (Å²) in [6, 6.07) is 16.2. The van der Waals surface area contributed by atoms with E-state index in [2.05, 4.69) is 5.32 Å². The molecule has 2 atom stereocenters. The van der Waals surface area contributed by atoms with Crippen LogP contribution in [0.1, 0.15) is 39.2 Å². The fraction of sp³-hybridized carbons (Fsp3) is 0.355. The smallest absolute Gasteiger partial charge is 0.264 e. The zero-order valence-electron chi connectivity index (χ0n) is 24.8. The molecular formula is C31H37Cl2N3O6S. The van der Waals surface area contributed by atoms with Crippen molar-refractivity contribution in [3.8, 4) is 11.5 Å². The largest absolute Gasteiger partial charge is 0.497 e. The molecule has 0 aliphatic heterocycles. The van der Waals surface area contributed by atoms with Crippen molar-refractivity contribution >= 4 is 50.7 Å². The van der Waals surface area contributed by atoms with Crippen LogP contribution in [0, 0.1) is 0 Å². The number of sulfonamides is 1. The van der Waals surface area contributed by atoms with Crippen molar-refractivity contribution in [1.29, 1.82) is 0 Å². The van der Waals surface area contributed by atoms with E-state index in [1.807, 2.05) is 13.8 Å². The van der Waals surface area contributed by atoms with Gasteiger partial charge in [-0.05, 0) is 68.3 Å². The lowest BCUT2D eigenvalue weighted by molar-refractivity contribution is -0.140. The third-order valence-electron chi connectivity index (χ3n) is 7.06. The number of nitrogens with zero attached hydrogens (tertiary/aromatic N) is 2. The van der Waals surface area contributed by atoms with E-state index < -0.39 is 28.5 Å². The summed E-state index contributed by atoms with van der Waals surface area (Å²) >= 11 is 13.0. The van der Waals surface area contributed by atoms with Gasteiger partial charge in [0.2, 0.25) is 11.8 Å². The summed E-state index contributed by atoms with van der Waals surface area (Å²) in [5.74, 6) is -0.283. The van der Waals surface area contributed by atoms with Crippen LogP contribution in [0.15, 0.2) is 71.6 Å². The normalized spacial score (nSPS) is 12.6. The molecule has 0 bridgehead atoms. The molecule has 2 unspecified atom stereocenters. The Morgan fingerprint density at radius 2 is 1.51 bits per heavy atom. The second-order valence-corrected chi connectivity index (χ2v) is 12.5. The quantitative estimate of drug-likeness (QED) is 0.232. The number of amides is 2. The summed E-state index contributed by atoms with van der Waals surface area (Å²) in [4.78, 5) is 29.0. The molecule has 0 aliphatic rings. The van der Waals surface area contributed by atoms with Gasteiger partial charge in [-0.15, -0.1) is 0 Å². The van der Waals surface area contributed by atoms with Gasteiger partial charge in [-0.3, -0.25) is 13.9 Å². The number of carbonyl (C=O) groups excluding carboxylic acids is 2. The predicted molar refractivity (Wildman–Crippen MR) is 170 cm³/mol. The Kier molecular flexibility index (Phi) is 12.1. The molecule has 0 aromatic heterocycles. The van der Waals surface area contributed by atoms with E-state index in [9.17, 15) is 18.0 Å². The van der Waals surface area contributed by atoms with Crippen LogP contribution in [0.4, 0.5) is 5.69 Å². The molecule has 0 heterocycles. The first kappa shape index (κ1) is 34.0. The minimum atomic E-state index is -4.31. The molecule has 0 saturated carbocycles. The van der Waals surface area contributed by atoms with Gasteiger partial charge in [0.15, 0.2) is 0 Å². The van der Waals surface area contributed by atoms with Crippen molar-refractivity contribution < 1.29 is 27.5 Å². The topological polar surface area (TPSA) is 105 Å². The number of ether oxygens (including phenoxy) is 2. The molecule has 0 aliphatic carbocycles. The van der Waals surface area contributed by atoms with Crippen molar-refractivity contribution in [3.63, 3.8) is 0 Å². The highest BCUT2D eigenvalue weighted by molar-refractivity contribution is 7.92. The molecular weight excluding hydrogens is 613 g/mol. The fourth-order valence-electron chi connectivity index (χ4n) is 4.44. The molecule has 1 N–H and O–H groups in total. The lowest BCUT2D eigenvalue weighted by Crippen LogP contribution is -2.53. The fourth-order valence-corrected chi connectivity index (χ4v) is 6.38. The minimum Gasteiger partial charge on any atom is -0.497 e. The highest BCUT2D eigenvalue weighted by Crippen LogP contribution is 2.33. The SMILES string of the molecule is CCC(C)NC(=O)C(CC)N(Cc1c(Cl)cccc1Cl)C(=O)CN(c1ccccc1OC)S(=O)(=O)c1ccc(OC)cc1. The molecule has 0 radical (unpaired) electrons. The van der Waals surface area contributed by atoms with Gasteiger partial charge in [0.05, 0.1) is 24.8 Å². The van der Waals surface area contributed by atoms with Gasteiger partial charge in [0.1, 0.15) is 24.1 Å². The highest BCUT2D eigenvalue weighted by atomic mass is 35.5. The molecule has 2 amide bonds. The van der Waals surface area contributed by atoms with Gasteiger partial charge in [0, 0.05) is 28.2 Å². The zero-order valence-corrected chi connectivity index (χ0v) is 27.2. The second-order valence-electron chi connectivity index (χ2n) is 9.82. The first-order valence-corrected chi connectivity index (χ1v) is 16.0.